The molecule has 1 fully saturated rings. The molecule has 2 atom stereocenters. The summed E-state index contributed by atoms with van der Waals surface area (Å²) in [5.41, 5.74) is 2.96. The number of hydrogen-bond acceptors (Lipinski definition) is 2. The Kier molecular flexibility index (Phi) is 6.38. The lowest BCUT2D eigenvalue weighted by Gasteiger charge is -2.34. The number of unbranched alkanes of at least 4 members (excludes halogenated alkanes) is 3. The van der Waals surface area contributed by atoms with Crippen LogP contribution in [0.5, 0.6) is 0 Å². The SMILES string of the molecule is C=CCCCC/C=C1\CCC[C@@H]2C[C@H](OCC)OC=C12. The van der Waals surface area contributed by atoms with E-state index >= 15 is 0 Å². The second kappa shape index (κ2) is 8.31. The third-order valence-electron chi connectivity index (χ3n) is 4.24. The van der Waals surface area contributed by atoms with Crippen LogP contribution in [0.4, 0.5) is 0 Å². The summed E-state index contributed by atoms with van der Waals surface area (Å²) in [7, 11) is 0. The van der Waals surface area contributed by atoms with E-state index in [1.165, 1.54) is 49.7 Å². The molecule has 0 N–H and O–H groups in total. The van der Waals surface area contributed by atoms with Crippen LogP contribution >= 0.6 is 0 Å². The van der Waals surface area contributed by atoms with Gasteiger partial charge in [0.05, 0.1) is 6.26 Å². The van der Waals surface area contributed by atoms with Crippen molar-refractivity contribution in [1.29, 1.82) is 0 Å². The van der Waals surface area contributed by atoms with Gasteiger partial charge in [0.15, 0.2) is 6.29 Å². The minimum absolute atomic E-state index is 0.0271. The van der Waals surface area contributed by atoms with Gasteiger partial charge in [0.25, 0.3) is 0 Å². The zero-order chi connectivity index (χ0) is 14.2. The van der Waals surface area contributed by atoms with Crippen LogP contribution in [0, 0.1) is 5.92 Å². The summed E-state index contributed by atoms with van der Waals surface area (Å²) in [6.45, 7) is 6.53. The fourth-order valence-electron chi connectivity index (χ4n) is 3.18. The molecule has 1 heterocycles. The lowest BCUT2D eigenvalue weighted by Crippen LogP contribution is -2.27. The summed E-state index contributed by atoms with van der Waals surface area (Å²) in [4.78, 5) is 0. The topological polar surface area (TPSA) is 18.5 Å². The number of allylic oxidation sites excluding steroid dienone is 4. The van der Waals surface area contributed by atoms with E-state index in [-0.39, 0.29) is 6.29 Å². The van der Waals surface area contributed by atoms with Crippen molar-refractivity contribution in [3.05, 3.63) is 36.1 Å². The van der Waals surface area contributed by atoms with Gasteiger partial charge in [-0.1, -0.05) is 12.2 Å². The van der Waals surface area contributed by atoms with Crippen molar-refractivity contribution in [2.24, 2.45) is 5.92 Å². The van der Waals surface area contributed by atoms with E-state index in [2.05, 4.69) is 12.7 Å². The largest absolute Gasteiger partial charge is 0.472 e. The van der Waals surface area contributed by atoms with Gasteiger partial charge in [0.2, 0.25) is 0 Å². The van der Waals surface area contributed by atoms with E-state index in [1.807, 2.05) is 19.3 Å². The quantitative estimate of drug-likeness (QED) is 0.474. The number of hydrogen-bond donors (Lipinski definition) is 0. The van der Waals surface area contributed by atoms with Crippen LogP contribution in [0.15, 0.2) is 36.1 Å². The Morgan fingerprint density at radius 3 is 3.05 bits per heavy atom. The van der Waals surface area contributed by atoms with Crippen LogP contribution in [-0.2, 0) is 9.47 Å². The summed E-state index contributed by atoms with van der Waals surface area (Å²) in [5.74, 6) is 0.647. The second-order valence-electron chi connectivity index (χ2n) is 5.72. The van der Waals surface area contributed by atoms with E-state index in [0.717, 1.165) is 19.4 Å². The van der Waals surface area contributed by atoms with E-state index in [9.17, 15) is 0 Å². The molecule has 1 aliphatic carbocycles. The van der Waals surface area contributed by atoms with Crippen molar-refractivity contribution < 1.29 is 9.47 Å². The molecule has 0 bridgehead atoms. The maximum atomic E-state index is 5.72. The molecule has 1 aliphatic heterocycles. The summed E-state index contributed by atoms with van der Waals surface area (Å²) < 4.78 is 11.3. The molecule has 0 aromatic heterocycles. The van der Waals surface area contributed by atoms with E-state index in [1.54, 1.807) is 0 Å². The van der Waals surface area contributed by atoms with Gasteiger partial charge < -0.3 is 9.47 Å². The highest BCUT2D eigenvalue weighted by Gasteiger charge is 2.30. The molecule has 0 saturated heterocycles. The summed E-state index contributed by atoms with van der Waals surface area (Å²) in [6.07, 6.45) is 16.0. The smallest absolute Gasteiger partial charge is 0.199 e. The lowest BCUT2D eigenvalue weighted by atomic mass is 9.78. The average molecular weight is 276 g/mol. The molecular weight excluding hydrogens is 248 g/mol. The Morgan fingerprint density at radius 1 is 1.40 bits per heavy atom. The Morgan fingerprint density at radius 2 is 2.25 bits per heavy atom. The van der Waals surface area contributed by atoms with Crippen LogP contribution < -0.4 is 0 Å². The third-order valence-corrected chi connectivity index (χ3v) is 4.24. The predicted octanol–water partition coefficient (Wildman–Crippen LogP) is 5.13. The fourth-order valence-corrected chi connectivity index (χ4v) is 3.18. The van der Waals surface area contributed by atoms with Crippen LogP contribution in [0.1, 0.15) is 58.3 Å². The maximum absolute atomic E-state index is 5.72. The van der Waals surface area contributed by atoms with E-state index < -0.39 is 0 Å². The van der Waals surface area contributed by atoms with E-state index in [4.69, 9.17) is 9.47 Å². The molecule has 0 aromatic carbocycles. The minimum atomic E-state index is -0.0271. The Bertz CT molecular complexity index is 368. The van der Waals surface area contributed by atoms with Crippen molar-refractivity contribution in [2.45, 2.75) is 64.6 Å². The first-order valence-electron chi connectivity index (χ1n) is 8.12. The molecule has 0 radical (unpaired) electrons. The van der Waals surface area contributed by atoms with Crippen molar-refractivity contribution in [3.63, 3.8) is 0 Å². The highest BCUT2D eigenvalue weighted by Crippen LogP contribution is 2.40. The Hall–Kier alpha value is -1.02. The van der Waals surface area contributed by atoms with Gasteiger partial charge in [0, 0.05) is 13.0 Å². The van der Waals surface area contributed by atoms with Gasteiger partial charge >= 0.3 is 0 Å². The molecule has 112 valence electrons. The summed E-state index contributed by atoms with van der Waals surface area (Å²) in [5, 5.41) is 0. The van der Waals surface area contributed by atoms with Crippen LogP contribution in [0.3, 0.4) is 0 Å². The third kappa shape index (κ3) is 4.24. The average Bonchev–Trinajstić information content (AvgIpc) is 2.47. The normalized spacial score (nSPS) is 27.6. The minimum Gasteiger partial charge on any atom is -0.472 e. The molecular formula is C18H28O2. The highest BCUT2D eigenvalue weighted by atomic mass is 16.7. The predicted molar refractivity (Wildman–Crippen MR) is 83.3 cm³/mol. The number of fused-ring (bicyclic) bond motifs is 1. The first-order chi connectivity index (χ1) is 9.85. The molecule has 0 amide bonds. The van der Waals surface area contributed by atoms with Crippen molar-refractivity contribution >= 4 is 0 Å². The van der Waals surface area contributed by atoms with Crippen LogP contribution in [0.25, 0.3) is 0 Å². The number of rotatable bonds is 7. The van der Waals surface area contributed by atoms with Crippen molar-refractivity contribution in [2.75, 3.05) is 6.61 Å². The van der Waals surface area contributed by atoms with Gasteiger partial charge in [-0.3, -0.25) is 0 Å². The Balaban J connectivity index is 1.90. The maximum Gasteiger partial charge on any atom is 0.199 e. The monoisotopic (exact) mass is 276 g/mol. The molecule has 2 rings (SSSR count). The summed E-state index contributed by atoms with van der Waals surface area (Å²) in [6, 6.07) is 0. The van der Waals surface area contributed by atoms with Crippen LogP contribution in [-0.4, -0.2) is 12.9 Å². The van der Waals surface area contributed by atoms with Gasteiger partial charge in [-0.05, 0) is 68.9 Å². The molecule has 2 nitrogen and oxygen atoms in total. The molecule has 2 heteroatoms. The van der Waals surface area contributed by atoms with Crippen molar-refractivity contribution in [3.8, 4) is 0 Å². The first kappa shape index (κ1) is 15.4. The Labute approximate surface area is 123 Å². The molecule has 0 unspecified atom stereocenters. The van der Waals surface area contributed by atoms with E-state index in [0.29, 0.717) is 5.92 Å². The first-order valence-corrected chi connectivity index (χ1v) is 8.12. The molecule has 0 aromatic rings. The molecule has 20 heavy (non-hydrogen) atoms. The molecule has 1 saturated carbocycles. The zero-order valence-corrected chi connectivity index (χ0v) is 12.8. The zero-order valence-electron chi connectivity index (χ0n) is 12.8. The van der Waals surface area contributed by atoms with Gasteiger partial charge in [-0.2, -0.15) is 0 Å². The highest BCUT2D eigenvalue weighted by molar-refractivity contribution is 5.34. The van der Waals surface area contributed by atoms with Gasteiger partial charge in [-0.15, -0.1) is 6.58 Å². The van der Waals surface area contributed by atoms with Gasteiger partial charge in [0.1, 0.15) is 0 Å². The van der Waals surface area contributed by atoms with Crippen molar-refractivity contribution in [1.82, 2.24) is 0 Å². The number of ether oxygens (including phenoxy) is 2. The standard InChI is InChI=1S/C18H28O2/c1-3-5-6-7-8-10-15-11-9-12-16-13-18(19-4-2)20-14-17(15)16/h3,10,14,16,18H,1,4-9,11-13H2,2H3/b15-10+/t16-,18-/m1/s1. The molecule has 2 aliphatic rings. The lowest BCUT2D eigenvalue weighted by molar-refractivity contribution is -0.121. The van der Waals surface area contributed by atoms with Gasteiger partial charge in [-0.25, -0.2) is 0 Å². The second-order valence-corrected chi connectivity index (χ2v) is 5.72. The molecule has 0 spiro atoms. The van der Waals surface area contributed by atoms with Crippen LogP contribution in [0.2, 0.25) is 0 Å². The summed E-state index contributed by atoms with van der Waals surface area (Å²) >= 11 is 0. The fraction of sp³-hybridized carbons (Fsp3) is 0.667.